The fourth-order valence-electron chi connectivity index (χ4n) is 3.74. The monoisotopic (exact) mass is 505 g/mol. The molecule has 4 rings (SSSR count). The van der Waals surface area contributed by atoms with Gasteiger partial charge >= 0.3 is 0 Å². The van der Waals surface area contributed by atoms with E-state index in [0.717, 1.165) is 42.6 Å². The van der Waals surface area contributed by atoms with Crippen LogP contribution in [0.25, 0.3) is 0 Å². The molecule has 7 nitrogen and oxygen atoms in total. The van der Waals surface area contributed by atoms with E-state index in [9.17, 15) is 9.59 Å². The van der Waals surface area contributed by atoms with Gasteiger partial charge in [-0.3, -0.25) is 9.59 Å². The van der Waals surface area contributed by atoms with Gasteiger partial charge in [0.1, 0.15) is 17.1 Å². The molecule has 1 aliphatic carbocycles. The second-order valence-electron chi connectivity index (χ2n) is 7.00. The highest BCUT2D eigenvalue weighted by atomic mass is 127. The summed E-state index contributed by atoms with van der Waals surface area (Å²) in [5.74, 6) is 0.881. The van der Waals surface area contributed by atoms with Gasteiger partial charge in [-0.15, -0.1) is 0 Å². The third-order valence-corrected chi connectivity index (χ3v) is 5.49. The summed E-state index contributed by atoms with van der Waals surface area (Å²) < 4.78 is 12.6. The Balaban J connectivity index is 1.83. The van der Waals surface area contributed by atoms with Gasteiger partial charge in [0.15, 0.2) is 28.8 Å². The number of pyridine rings is 2. The third kappa shape index (κ3) is 3.93. The van der Waals surface area contributed by atoms with E-state index in [1.807, 2.05) is 19.1 Å². The Morgan fingerprint density at radius 2 is 2.10 bits per heavy atom. The van der Waals surface area contributed by atoms with Crippen molar-refractivity contribution in [2.45, 2.75) is 39.2 Å². The van der Waals surface area contributed by atoms with Crippen LogP contribution in [0, 0.1) is 6.92 Å². The van der Waals surface area contributed by atoms with Crippen molar-refractivity contribution in [1.82, 2.24) is 9.55 Å². The molecule has 0 fully saturated rings. The maximum absolute atomic E-state index is 13.4. The number of halogens is 1. The Morgan fingerprint density at radius 1 is 1.28 bits per heavy atom. The van der Waals surface area contributed by atoms with Gasteiger partial charge in [-0.05, 0) is 56.9 Å². The van der Waals surface area contributed by atoms with Crippen LogP contribution >= 0.6 is 23.0 Å². The molecule has 1 N–H and O–H groups in total. The number of nitrogens with zero attached hydrogens (tertiary/aromatic N) is 2. The molecule has 0 saturated heterocycles. The molecule has 0 aromatic carbocycles. The van der Waals surface area contributed by atoms with Gasteiger partial charge in [0, 0.05) is 17.0 Å². The van der Waals surface area contributed by atoms with Crippen LogP contribution in [-0.4, -0.2) is 15.5 Å². The summed E-state index contributed by atoms with van der Waals surface area (Å²) in [6, 6.07) is 8.93. The van der Waals surface area contributed by atoms with Crippen LogP contribution in [0.2, 0.25) is 0 Å². The van der Waals surface area contributed by atoms with Crippen LogP contribution in [0.15, 0.2) is 45.8 Å². The molecule has 0 radical (unpaired) electrons. The molecule has 8 heteroatoms. The Hall–Kier alpha value is -2.62. The fraction of sp³-hybridized carbons (Fsp3) is 0.286. The lowest BCUT2D eigenvalue weighted by Crippen LogP contribution is -2.34. The summed E-state index contributed by atoms with van der Waals surface area (Å²) in [7, 11) is 0. The summed E-state index contributed by atoms with van der Waals surface area (Å²) in [6.45, 7) is 2.11. The molecular formula is C21H20IN3O4. The summed E-state index contributed by atoms with van der Waals surface area (Å²) in [5.41, 5.74) is 2.20. The van der Waals surface area contributed by atoms with Crippen molar-refractivity contribution in [3.63, 3.8) is 0 Å². The van der Waals surface area contributed by atoms with E-state index in [1.165, 1.54) is 0 Å². The molecular weight excluding hydrogens is 485 g/mol. The zero-order chi connectivity index (χ0) is 20.4. The van der Waals surface area contributed by atoms with E-state index in [4.69, 9.17) is 7.48 Å². The van der Waals surface area contributed by atoms with Gasteiger partial charge in [-0.2, -0.15) is 0 Å². The fourth-order valence-corrected chi connectivity index (χ4v) is 4.23. The Kier molecular flexibility index (Phi) is 5.70. The average Bonchev–Trinajstić information content (AvgIpc) is 3.22. The van der Waals surface area contributed by atoms with E-state index in [2.05, 4.69) is 10.3 Å². The molecule has 1 amide bonds. The largest absolute Gasteiger partial charge is 0.467 e. The highest BCUT2D eigenvalue weighted by Crippen LogP contribution is 2.33. The maximum atomic E-state index is 13.4. The highest BCUT2D eigenvalue weighted by Gasteiger charge is 2.29. The third-order valence-electron chi connectivity index (χ3n) is 5.05. The van der Waals surface area contributed by atoms with Gasteiger partial charge in [-0.25, -0.2) is 4.98 Å². The van der Waals surface area contributed by atoms with E-state index in [1.54, 1.807) is 52.0 Å². The topological polar surface area (TPSA) is 86.4 Å². The second kappa shape index (κ2) is 8.40. The lowest BCUT2D eigenvalue weighted by atomic mass is 9.93. The number of furan rings is 1. The number of carbonyl (C=O) groups is 1. The van der Waals surface area contributed by atoms with E-state index in [-0.39, 0.29) is 17.7 Å². The molecule has 3 aromatic heterocycles. The van der Waals surface area contributed by atoms with Crippen LogP contribution < -0.4 is 13.9 Å². The number of fused-ring (bicyclic) bond motifs is 1. The molecule has 0 bridgehead atoms. The summed E-state index contributed by atoms with van der Waals surface area (Å²) in [6.07, 6.45) is 5.07. The maximum Gasteiger partial charge on any atom is 0.267 e. The number of anilines is 1. The normalized spacial score (nSPS) is 13.0. The Bertz CT molecular complexity index is 1110. The van der Waals surface area contributed by atoms with Crippen molar-refractivity contribution < 1.29 is 12.3 Å². The molecule has 0 saturated carbocycles. The molecule has 3 heterocycles. The number of carbonyl (C=O) groups excluding carboxylic acids is 1. The van der Waals surface area contributed by atoms with Gasteiger partial charge in [0.2, 0.25) is 0 Å². The molecule has 0 atom stereocenters. The molecule has 1 aliphatic rings. The van der Waals surface area contributed by atoms with Crippen LogP contribution in [0.1, 0.15) is 45.9 Å². The van der Waals surface area contributed by atoms with Gasteiger partial charge in [0.05, 0.1) is 12.8 Å². The van der Waals surface area contributed by atoms with Crippen LogP contribution in [-0.2, 0) is 19.4 Å². The summed E-state index contributed by atoms with van der Waals surface area (Å²) in [4.78, 5) is 30.8. The minimum atomic E-state index is -0.527. The zero-order valence-electron chi connectivity index (χ0n) is 15.9. The minimum absolute atomic E-state index is 0.00471. The van der Waals surface area contributed by atoms with Crippen LogP contribution in [0.3, 0.4) is 0 Å². The molecule has 150 valence electrons. The van der Waals surface area contributed by atoms with Crippen molar-refractivity contribution in [3.05, 3.63) is 75.2 Å². The van der Waals surface area contributed by atoms with Gasteiger partial charge < -0.3 is 17.4 Å². The standard InChI is InChI=1S/C21H20IN3O4/c1-13-6-4-10-17(23-13)24-20(26)18-19(29-22)15-8-2-3-9-16(15)25(21(18)27)12-14-7-5-11-28-14/h4-7,10-11H,2-3,8-9,12H2,1H3,(H,23,24,26). The molecule has 0 spiro atoms. The average molecular weight is 505 g/mol. The first kappa shape index (κ1) is 19.7. The van der Waals surface area contributed by atoms with E-state index < -0.39 is 5.91 Å². The van der Waals surface area contributed by atoms with Gasteiger partial charge in [-0.1, -0.05) is 6.07 Å². The number of hydrogen-bond donors (Lipinski definition) is 1. The van der Waals surface area contributed by atoms with E-state index >= 15 is 0 Å². The number of nitrogens with one attached hydrogen (secondary N) is 1. The molecule has 3 aromatic rings. The molecule has 29 heavy (non-hydrogen) atoms. The predicted molar refractivity (Wildman–Crippen MR) is 117 cm³/mol. The lowest BCUT2D eigenvalue weighted by Gasteiger charge is -2.24. The minimum Gasteiger partial charge on any atom is -0.467 e. The van der Waals surface area contributed by atoms with Crippen molar-refractivity contribution >= 4 is 34.7 Å². The smallest absolute Gasteiger partial charge is 0.267 e. The first-order valence-electron chi connectivity index (χ1n) is 9.43. The zero-order valence-corrected chi connectivity index (χ0v) is 18.1. The van der Waals surface area contributed by atoms with Crippen LogP contribution in [0.5, 0.6) is 5.75 Å². The van der Waals surface area contributed by atoms with Crippen molar-refractivity contribution in [2.75, 3.05) is 5.32 Å². The first-order valence-corrected chi connectivity index (χ1v) is 10.3. The quantitative estimate of drug-likeness (QED) is 0.529. The Morgan fingerprint density at radius 3 is 2.83 bits per heavy atom. The van der Waals surface area contributed by atoms with Crippen molar-refractivity contribution in [3.8, 4) is 5.75 Å². The Labute approximate surface area is 181 Å². The lowest BCUT2D eigenvalue weighted by molar-refractivity contribution is 0.102. The molecule has 0 unspecified atom stereocenters. The predicted octanol–water partition coefficient (Wildman–Crippen LogP) is 4.05. The SMILES string of the molecule is Cc1cccc(NC(=O)c2c(OI)c3c(n(Cc4ccco4)c2=O)CCCC3)n1. The van der Waals surface area contributed by atoms with Gasteiger partial charge in [0.25, 0.3) is 11.5 Å². The van der Waals surface area contributed by atoms with Crippen LogP contribution in [0.4, 0.5) is 5.82 Å². The number of amides is 1. The number of aromatic nitrogens is 2. The number of hydrogen-bond acceptors (Lipinski definition) is 5. The van der Waals surface area contributed by atoms with E-state index in [0.29, 0.717) is 17.3 Å². The first-order chi connectivity index (χ1) is 14.1. The number of rotatable bonds is 5. The summed E-state index contributed by atoms with van der Waals surface area (Å²) in [5, 5.41) is 2.74. The van der Waals surface area contributed by atoms with Crippen molar-refractivity contribution in [1.29, 1.82) is 0 Å². The highest BCUT2D eigenvalue weighted by molar-refractivity contribution is 14.1. The second-order valence-corrected chi connectivity index (χ2v) is 7.44. The summed E-state index contributed by atoms with van der Waals surface area (Å²) >= 11 is 1.74. The molecule has 0 aliphatic heterocycles. The van der Waals surface area contributed by atoms with Crippen molar-refractivity contribution in [2.24, 2.45) is 0 Å². The number of aryl methyl sites for hydroxylation is 1.